The van der Waals surface area contributed by atoms with Crippen molar-refractivity contribution in [1.82, 2.24) is 9.97 Å². The van der Waals surface area contributed by atoms with Crippen LogP contribution in [0.4, 0.5) is 11.5 Å². The molecule has 2 N–H and O–H groups in total. The normalized spacial score (nSPS) is 26.8. The Labute approximate surface area is 135 Å². The van der Waals surface area contributed by atoms with Crippen molar-refractivity contribution in [3.63, 3.8) is 0 Å². The summed E-state index contributed by atoms with van der Waals surface area (Å²) in [6.45, 7) is 4.38. The molecule has 122 valence electrons. The number of nitrogens with one attached hydrogen (secondary N) is 1. The summed E-state index contributed by atoms with van der Waals surface area (Å²) < 4.78 is 5.81. The van der Waals surface area contributed by atoms with Gasteiger partial charge in [-0.1, -0.05) is 11.6 Å². The fourth-order valence-corrected chi connectivity index (χ4v) is 3.98. The minimum Gasteiger partial charge on any atom is -0.392 e. The Morgan fingerprint density at radius 3 is 2.77 bits per heavy atom. The van der Waals surface area contributed by atoms with Gasteiger partial charge in [-0.15, -0.1) is 0 Å². The molecule has 1 saturated heterocycles. The van der Waals surface area contributed by atoms with E-state index in [9.17, 15) is 5.11 Å². The Morgan fingerprint density at radius 1 is 1.45 bits per heavy atom. The van der Waals surface area contributed by atoms with Crippen LogP contribution in [0.3, 0.4) is 0 Å². The monoisotopic (exact) mass is 326 g/mol. The van der Waals surface area contributed by atoms with Gasteiger partial charge in [0.15, 0.2) is 11.0 Å². The largest absolute Gasteiger partial charge is 0.392 e. The molecule has 1 aromatic rings. The highest BCUT2D eigenvalue weighted by atomic mass is 35.5. The van der Waals surface area contributed by atoms with Gasteiger partial charge in [0.05, 0.1) is 12.2 Å². The number of aromatic nitrogens is 2. The van der Waals surface area contributed by atoms with Crippen LogP contribution in [0.5, 0.6) is 0 Å². The lowest BCUT2D eigenvalue weighted by Gasteiger charge is -2.56. The molecule has 6 nitrogen and oxygen atoms in total. The van der Waals surface area contributed by atoms with Crippen LogP contribution < -0.4 is 10.2 Å². The van der Waals surface area contributed by atoms with Gasteiger partial charge in [0.1, 0.15) is 12.0 Å². The van der Waals surface area contributed by atoms with E-state index in [-0.39, 0.29) is 17.6 Å². The van der Waals surface area contributed by atoms with E-state index >= 15 is 0 Å². The van der Waals surface area contributed by atoms with Crippen molar-refractivity contribution in [2.45, 2.75) is 38.4 Å². The van der Waals surface area contributed by atoms with Crippen LogP contribution in [-0.2, 0) is 4.74 Å². The number of hydrogen-bond donors (Lipinski definition) is 2. The number of nitrogens with zero attached hydrogens (tertiary/aromatic N) is 3. The summed E-state index contributed by atoms with van der Waals surface area (Å²) in [5.74, 6) is 0.833. The van der Waals surface area contributed by atoms with Gasteiger partial charge in [0.25, 0.3) is 0 Å². The predicted molar refractivity (Wildman–Crippen MR) is 86.5 cm³/mol. The second kappa shape index (κ2) is 6.18. The van der Waals surface area contributed by atoms with Crippen LogP contribution in [0.1, 0.15) is 26.2 Å². The minimum absolute atomic E-state index is 0.0802. The first-order chi connectivity index (χ1) is 10.6. The first kappa shape index (κ1) is 15.8. The zero-order valence-electron chi connectivity index (χ0n) is 13.0. The van der Waals surface area contributed by atoms with E-state index in [1.807, 2.05) is 14.0 Å². The molecule has 2 fully saturated rings. The van der Waals surface area contributed by atoms with Crippen molar-refractivity contribution >= 4 is 23.1 Å². The second-order valence-electron chi connectivity index (χ2n) is 6.03. The summed E-state index contributed by atoms with van der Waals surface area (Å²) in [6, 6.07) is 0. The number of halogens is 1. The van der Waals surface area contributed by atoms with Crippen LogP contribution in [0.2, 0.25) is 5.15 Å². The van der Waals surface area contributed by atoms with Gasteiger partial charge in [-0.05, 0) is 19.8 Å². The lowest BCUT2D eigenvalue weighted by molar-refractivity contribution is -0.199. The Hall–Kier alpha value is -1.11. The highest BCUT2D eigenvalue weighted by Gasteiger charge is 2.56. The van der Waals surface area contributed by atoms with Gasteiger partial charge in [0, 0.05) is 38.6 Å². The standard InChI is InChI=1S/C15H23ClN4O2/c1-3-22-11-8-10(21)15(11)4-6-20(7-5-15)14-12(17-2)13(16)18-9-19-14/h9-11,17,21H,3-8H2,1-2H3/t10-,11+/m1/s1. The number of hydrogen-bond acceptors (Lipinski definition) is 6. The Bertz CT molecular complexity index is 532. The molecule has 0 unspecified atom stereocenters. The summed E-state index contributed by atoms with van der Waals surface area (Å²) >= 11 is 6.13. The fourth-order valence-electron chi connectivity index (χ4n) is 3.76. The van der Waals surface area contributed by atoms with E-state index in [4.69, 9.17) is 16.3 Å². The molecule has 0 radical (unpaired) electrons. The lowest BCUT2D eigenvalue weighted by Crippen LogP contribution is -2.62. The van der Waals surface area contributed by atoms with E-state index < -0.39 is 0 Å². The Kier molecular flexibility index (Phi) is 4.43. The highest BCUT2D eigenvalue weighted by molar-refractivity contribution is 6.32. The SMILES string of the molecule is CCO[C@H]1C[C@@H](O)C12CCN(c1ncnc(Cl)c1NC)CC2. The lowest BCUT2D eigenvalue weighted by atomic mass is 9.58. The predicted octanol–water partition coefficient (Wildman–Crippen LogP) is 1.93. The first-order valence-electron chi connectivity index (χ1n) is 7.85. The molecule has 1 aliphatic carbocycles. The molecule has 2 aliphatic rings. The Balaban J connectivity index is 1.73. The third-order valence-corrected chi connectivity index (χ3v) is 5.42. The number of anilines is 2. The fraction of sp³-hybridized carbons (Fsp3) is 0.733. The average Bonchev–Trinajstić information content (AvgIpc) is 2.54. The molecule has 2 heterocycles. The molecule has 0 amide bonds. The zero-order valence-corrected chi connectivity index (χ0v) is 13.8. The van der Waals surface area contributed by atoms with Crippen molar-refractivity contribution in [1.29, 1.82) is 0 Å². The van der Waals surface area contributed by atoms with Crippen LogP contribution in [0.15, 0.2) is 6.33 Å². The number of ether oxygens (including phenoxy) is 1. The summed E-state index contributed by atoms with van der Waals surface area (Å²) in [5, 5.41) is 13.8. The number of piperidine rings is 1. The van der Waals surface area contributed by atoms with Crippen LogP contribution in [0.25, 0.3) is 0 Å². The third-order valence-electron chi connectivity index (χ3n) is 5.13. The summed E-state index contributed by atoms with van der Waals surface area (Å²) in [7, 11) is 1.82. The van der Waals surface area contributed by atoms with Gasteiger partial charge in [-0.3, -0.25) is 0 Å². The van der Waals surface area contributed by atoms with Crippen molar-refractivity contribution in [3.8, 4) is 0 Å². The van der Waals surface area contributed by atoms with Crippen molar-refractivity contribution in [3.05, 3.63) is 11.5 Å². The van der Waals surface area contributed by atoms with Crippen molar-refractivity contribution in [2.24, 2.45) is 5.41 Å². The van der Waals surface area contributed by atoms with Crippen molar-refractivity contribution in [2.75, 3.05) is 37.0 Å². The minimum atomic E-state index is -0.246. The molecular formula is C15H23ClN4O2. The molecule has 0 aromatic carbocycles. The molecule has 1 saturated carbocycles. The topological polar surface area (TPSA) is 70.5 Å². The first-order valence-corrected chi connectivity index (χ1v) is 8.23. The second-order valence-corrected chi connectivity index (χ2v) is 6.39. The van der Waals surface area contributed by atoms with Gasteiger partial charge >= 0.3 is 0 Å². The molecule has 22 heavy (non-hydrogen) atoms. The van der Waals surface area contributed by atoms with E-state index in [2.05, 4.69) is 20.2 Å². The molecule has 2 atom stereocenters. The van der Waals surface area contributed by atoms with E-state index in [1.165, 1.54) is 6.33 Å². The maximum absolute atomic E-state index is 10.3. The molecule has 1 aliphatic heterocycles. The van der Waals surface area contributed by atoms with Crippen molar-refractivity contribution < 1.29 is 9.84 Å². The maximum atomic E-state index is 10.3. The molecule has 1 spiro atoms. The van der Waals surface area contributed by atoms with Gasteiger partial charge in [-0.25, -0.2) is 9.97 Å². The van der Waals surface area contributed by atoms with Crippen LogP contribution in [-0.4, -0.2) is 54.0 Å². The van der Waals surface area contributed by atoms with Gasteiger partial charge in [0.2, 0.25) is 0 Å². The molecule has 7 heteroatoms. The number of aliphatic hydroxyl groups excluding tert-OH is 1. The quantitative estimate of drug-likeness (QED) is 0.824. The summed E-state index contributed by atoms with van der Waals surface area (Å²) in [6.07, 6.45) is 4.00. The maximum Gasteiger partial charge on any atom is 0.157 e. The summed E-state index contributed by atoms with van der Waals surface area (Å²) in [5.41, 5.74) is 0.680. The van der Waals surface area contributed by atoms with E-state index in [0.717, 1.165) is 43.9 Å². The third kappa shape index (κ3) is 2.43. The number of aliphatic hydroxyl groups is 1. The van der Waals surface area contributed by atoms with Gasteiger partial charge in [-0.2, -0.15) is 0 Å². The molecule has 0 bridgehead atoms. The molecule has 3 rings (SSSR count). The van der Waals surface area contributed by atoms with E-state index in [1.54, 1.807) is 0 Å². The number of rotatable bonds is 4. The van der Waals surface area contributed by atoms with Crippen LogP contribution >= 0.6 is 11.6 Å². The molecule has 1 aromatic heterocycles. The zero-order chi connectivity index (χ0) is 15.7. The molecular weight excluding hydrogens is 304 g/mol. The van der Waals surface area contributed by atoms with Gasteiger partial charge < -0.3 is 20.1 Å². The summed E-state index contributed by atoms with van der Waals surface area (Å²) in [4.78, 5) is 10.6. The van der Waals surface area contributed by atoms with Crippen LogP contribution in [0, 0.1) is 5.41 Å². The highest BCUT2D eigenvalue weighted by Crippen LogP contribution is 2.51. The van der Waals surface area contributed by atoms with E-state index in [0.29, 0.717) is 11.8 Å². The Morgan fingerprint density at radius 2 is 2.18 bits per heavy atom. The average molecular weight is 327 g/mol. The smallest absolute Gasteiger partial charge is 0.157 e.